The molecule has 2 aromatic carbocycles. The highest BCUT2D eigenvalue weighted by molar-refractivity contribution is 8.14. The van der Waals surface area contributed by atoms with Gasteiger partial charge in [0.1, 0.15) is 17.2 Å². The highest BCUT2D eigenvalue weighted by atomic mass is 32.2. The lowest BCUT2D eigenvalue weighted by Crippen LogP contribution is -2.47. The standard InChI is InChI=1S/C19H18F2N2OS/c1-12-7-4-5-10-15(12)22-18-23(19(2,3)11-25-18)17(24)16-13(20)8-6-9-14(16)21/h4-10H,11H2,1-3H3. The zero-order valence-corrected chi connectivity index (χ0v) is 15.0. The number of carbonyl (C=O) groups excluding carboxylic acids is 1. The third kappa shape index (κ3) is 3.31. The average Bonchev–Trinajstić information content (AvgIpc) is 2.84. The van der Waals surface area contributed by atoms with Crippen LogP contribution in [-0.4, -0.2) is 27.3 Å². The van der Waals surface area contributed by atoms with Gasteiger partial charge in [-0.3, -0.25) is 9.69 Å². The first-order valence-corrected chi connectivity index (χ1v) is 8.85. The molecule has 0 saturated carbocycles. The Morgan fingerprint density at radius 2 is 1.76 bits per heavy atom. The molecule has 130 valence electrons. The molecule has 3 rings (SSSR count). The van der Waals surface area contributed by atoms with Gasteiger partial charge in [0.2, 0.25) is 0 Å². The summed E-state index contributed by atoms with van der Waals surface area (Å²) < 4.78 is 28.2. The van der Waals surface area contributed by atoms with Crippen LogP contribution in [0.3, 0.4) is 0 Å². The summed E-state index contributed by atoms with van der Waals surface area (Å²) in [6, 6.07) is 11.0. The maximum Gasteiger partial charge on any atom is 0.266 e. The summed E-state index contributed by atoms with van der Waals surface area (Å²) in [6.45, 7) is 5.64. The molecular formula is C19H18F2N2OS. The van der Waals surface area contributed by atoms with Gasteiger partial charge in [0, 0.05) is 5.75 Å². The van der Waals surface area contributed by atoms with E-state index in [9.17, 15) is 13.6 Å². The Labute approximate surface area is 149 Å². The second-order valence-corrected chi connectivity index (χ2v) is 7.46. The molecule has 1 amide bonds. The van der Waals surface area contributed by atoms with Crippen molar-refractivity contribution in [3.8, 4) is 0 Å². The summed E-state index contributed by atoms with van der Waals surface area (Å²) in [5, 5.41) is 0.451. The number of amides is 1. The SMILES string of the molecule is Cc1ccccc1N=C1SCC(C)(C)N1C(=O)c1c(F)cccc1F. The molecule has 1 saturated heterocycles. The van der Waals surface area contributed by atoms with Gasteiger partial charge in [-0.05, 0) is 44.5 Å². The van der Waals surface area contributed by atoms with Crippen molar-refractivity contribution in [3.63, 3.8) is 0 Å². The lowest BCUT2D eigenvalue weighted by Gasteiger charge is -2.30. The number of para-hydroxylation sites is 1. The second kappa shape index (κ2) is 6.59. The number of hydrogen-bond acceptors (Lipinski definition) is 3. The quantitative estimate of drug-likeness (QED) is 0.761. The fraction of sp³-hybridized carbons (Fsp3) is 0.263. The fourth-order valence-corrected chi connectivity index (χ4v) is 3.91. The highest BCUT2D eigenvalue weighted by Crippen LogP contribution is 2.36. The summed E-state index contributed by atoms with van der Waals surface area (Å²) >= 11 is 1.41. The van der Waals surface area contributed by atoms with Gasteiger partial charge in [-0.25, -0.2) is 13.8 Å². The minimum Gasteiger partial charge on any atom is -0.280 e. The molecule has 0 atom stereocenters. The van der Waals surface area contributed by atoms with E-state index in [1.807, 2.05) is 45.0 Å². The third-order valence-electron chi connectivity index (χ3n) is 4.06. The van der Waals surface area contributed by atoms with E-state index in [-0.39, 0.29) is 0 Å². The van der Waals surface area contributed by atoms with Gasteiger partial charge < -0.3 is 0 Å². The zero-order chi connectivity index (χ0) is 18.2. The molecular weight excluding hydrogens is 342 g/mol. The van der Waals surface area contributed by atoms with Gasteiger partial charge in [0.05, 0.1) is 11.2 Å². The number of aliphatic imine (C=N–C) groups is 1. The molecule has 0 bridgehead atoms. The second-order valence-electron chi connectivity index (χ2n) is 6.52. The molecule has 0 unspecified atom stereocenters. The molecule has 0 spiro atoms. The summed E-state index contributed by atoms with van der Waals surface area (Å²) in [5.74, 6) is -1.85. The molecule has 1 heterocycles. The van der Waals surface area contributed by atoms with Crippen LogP contribution < -0.4 is 0 Å². The Hall–Kier alpha value is -2.21. The lowest BCUT2D eigenvalue weighted by atomic mass is 10.0. The Balaban J connectivity index is 2.07. The highest BCUT2D eigenvalue weighted by Gasteiger charge is 2.43. The smallest absolute Gasteiger partial charge is 0.266 e. The number of carbonyl (C=O) groups is 1. The van der Waals surface area contributed by atoms with E-state index in [2.05, 4.69) is 4.99 Å². The Bertz CT molecular complexity index is 844. The van der Waals surface area contributed by atoms with Crippen molar-refractivity contribution >= 4 is 28.5 Å². The van der Waals surface area contributed by atoms with Gasteiger partial charge in [0.25, 0.3) is 5.91 Å². The lowest BCUT2D eigenvalue weighted by molar-refractivity contribution is 0.0757. The van der Waals surface area contributed by atoms with Crippen molar-refractivity contribution in [1.82, 2.24) is 4.90 Å². The maximum atomic E-state index is 14.1. The van der Waals surface area contributed by atoms with E-state index >= 15 is 0 Å². The number of hydrogen-bond donors (Lipinski definition) is 0. The molecule has 25 heavy (non-hydrogen) atoms. The Kier molecular flexibility index (Phi) is 4.64. The van der Waals surface area contributed by atoms with E-state index in [0.29, 0.717) is 10.9 Å². The number of benzene rings is 2. The van der Waals surface area contributed by atoms with Crippen molar-refractivity contribution in [2.45, 2.75) is 26.3 Å². The molecule has 3 nitrogen and oxygen atoms in total. The Morgan fingerprint density at radius 3 is 2.40 bits per heavy atom. The van der Waals surface area contributed by atoms with E-state index < -0.39 is 28.6 Å². The normalized spacial score (nSPS) is 18.0. The number of thioether (sulfide) groups is 1. The Morgan fingerprint density at radius 1 is 1.12 bits per heavy atom. The van der Waals surface area contributed by atoms with E-state index in [4.69, 9.17) is 0 Å². The zero-order valence-electron chi connectivity index (χ0n) is 14.2. The number of amidine groups is 1. The third-order valence-corrected chi connectivity index (χ3v) is 5.45. The molecule has 1 aliphatic rings. The van der Waals surface area contributed by atoms with Crippen molar-refractivity contribution < 1.29 is 13.6 Å². The van der Waals surface area contributed by atoms with Gasteiger partial charge in [-0.1, -0.05) is 36.0 Å². The number of rotatable bonds is 2. The first-order valence-electron chi connectivity index (χ1n) is 7.87. The van der Waals surface area contributed by atoms with Crippen molar-refractivity contribution in [1.29, 1.82) is 0 Å². The van der Waals surface area contributed by atoms with Crippen LogP contribution in [0.15, 0.2) is 47.5 Å². The molecule has 0 aromatic heterocycles. The van der Waals surface area contributed by atoms with Crippen LogP contribution in [0.25, 0.3) is 0 Å². The summed E-state index contributed by atoms with van der Waals surface area (Å²) in [5.41, 5.74) is 0.549. The van der Waals surface area contributed by atoms with Crippen LogP contribution in [0.2, 0.25) is 0 Å². The first kappa shape index (κ1) is 17.6. The predicted molar refractivity (Wildman–Crippen MR) is 97.3 cm³/mol. The summed E-state index contributed by atoms with van der Waals surface area (Å²) in [4.78, 5) is 18.9. The number of nitrogens with zero attached hydrogens (tertiary/aromatic N) is 2. The summed E-state index contributed by atoms with van der Waals surface area (Å²) in [6.07, 6.45) is 0. The minimum atomic E-state index is -0.868. The largest absolute Gasteiger partial charge is 0.280 e. The van der Waals surface area contributed by atoms with Crippen LogP contribution >= 0.6 is 11.8 Å². The van der Waals surface area contributed by atoms with Crippen LogP contribution in [0.1, 0.15) is 29.8 Å². The monoisotopic (exact) mass is 360 g/mol. The van der Waals surface area contributed by atoms with Crippen molar-refractivity contribution in [2.75, 3.05) is 5.75 Å². The van der Waals surface area contributed by atoms with Gasteiger partial charge in [-0.15, -0.1) is 0 Å². The molecule has 0 radical (unpaired) electrons. The molecule has 0 N–H and O–H groups in total. The predicted octanol–water partition coefficient (Wildman–Crippen LogP) is 4.93. The topological polar surface area (TPSA) is 32.7 Å². The van der Waals surface area contributed by atoms with Crippen LogP contribution in [-0.2, 0) is 0 Å². The molecule has 1 fully saturated rings. The maximum absolute atomic E-state index is 14.1. The van der Waals surface area contributed by atoms with E-state index in [0.717, 1.165) is 23.4 Å². The minimum absolute atomic E-state index is 0.451. The van der Waals surface area contributed by atoms with Crippen LogP contribution in [0.5, 0.6) is 0 Å². The van der Waals surface area contributed by atoms with E-state index in [1.165, 1.54) is 22.7 Å². The molecule has 2 aromatic rings. The van der Waals surface area contributed by atoms with Crippen molar-refractivity contribution in [3.05, 3.63) is 65.2 Å². The van der Waals surface area contributed by atoms with Gasteiger partial charge in [-0.2, -0.15) is 0 Å². The van der Waals surface area contributed by atoms with Gasteiger partial charge in [0.15, 0.2) is 5.17 Å². The average molecular weight is 360 g/mol. The van der Waals surface area contributed by atoms with Gasteiger partial charge >= 0.3 is 0 Å². The fourth-order valence-electron chi connectivity index (χ4n) is 2.68. The number of aryl methyl sites for hydroxylation is 1. The first-order chi connectivity index (χ1) is 11.8. The van der Waals surface area contributed by atoms with E-state index in [1.54, 1.807) is 0 Å². The number of halogens is 2. The summed E-state index contributed by atoms with van der Waals surface area (Å²) in [7, 11) is 0. The van der Waals surface area contributed by atoms with Crippen molar-refractivity contribution in [2.24, 2.45) is 4.99 Å². The molecule has 0 aliphatic carbocycles. The molecule has 6 heteroatoms. The van der Waals surface area contributed by atoms with Crippen LogP contribution in [0, 0.1) is 18.6 Å². The molecule has 1 aliphatic heterocycles. The van der Waals surface area contributed by atoms with Crippen LogP contribution in [0.4, 0.5) is 14.5 Å².